The fraction of sp³-hybridized carbons (Fsp3) is 0. The number of hydrogen-bond acceptors (Lipinski definition) is 4. The molecular weight excluding hydrogens is 709 g/mol. The zero-order valence-corrected chi connectivity index (χ0v) is 31.2. The van der Waals surface area contributed by atoms with E-state index in [0.29, 0.717) is 17.5 Å². The molecule has 0 aliphatic rings. The van der Waals surface area contributed by atoms with Crippen LogP contribution in [0, 0.1) is 0 Å². The molecule has 0 N–H and O–H groups in total. The minimum absolute atomic E-state index is 0.590. The third kappa shape index (κ3) is 5.14. The van der Waals surface area contributed by atoms with Gasteiger partial charge in [0.15, 0.2) is 17.5 Å². The van der Waals surface area contributed by atoms with E-state index < -0.39 is 0 Å². The summed E-state index contributed by atoms with van der Waals surface area (Å²) in [7, 11) is 0. The lowest BCUT2D eigenvalue weighted by Crippen LogP contribution is -2.00. The van der Waals surface area contributed by atoms with Crippen LogP contribution in [0.3, 0.4) is 0 Å². The topological polar surface area (TPSA) is 56.7 Å². The quantitative estimate of drug-likeness (QED) is 0.176. The van der Waals surface area contributed by atoms with E-state index in [1.165, 1.54) is 38.1 Å². The minimum atomic E-state index is 0.590. The Bertz CT molecular complexity index is 3570. The van der Waals surface area contributed by atoms with Gasteiger partial charge < -0.3 is 8.98 Å². The summed E-state index contributed by atoms with van der Waals surface area (Å²) in [6.07, 6.45) is 0. The molecule has 0 aliphatic carbocycles. The molecule has 3 aromatic heterocycles. The molecular formula is C53H32N4O. The van der Waals surface area contributed by atoms with Crippen molar-refractivity contribution in [3.8, 4) is 51.0 Å². The molecule has 270 valence electrons. The summed E-state index contributed by atoms with van der Waals surface area (Å²) < 4.78 is 8.97. The highest BCUT2D eigenvalue weighted by molar-refractivity contribution is 6.22. The molecule has 3 heterocycles. The second-order valence-corrected chi connectivity index (χ2v) is 14.8. The second kappa shape index (κ2) is 12.8. The van der Waals surface area contributed by atoms with E-state index in [1.54, 1.807) is 0 Å². The number of aromatic nitrogens is 4. The van der Waals surface area contributed by atoms with Crippen molar-refractivity contribution < 1.29 is 4.42 Å². The molecule has 0 bridgehead atoms. The Balaban J connectivity index is 1.09. The van der Waals surface area contributed by atoms with Crippen LogP contribution in [-0.2, 0) is 0 Å². The first kappa shape index (κ1) is 32.4. The lowest BCUT2D eigenvalue weighted by atomic mass is 10.0. The summed E-state index contributed by atoms with van der Waals surface area (Å²) in [5.41, 5.74) is 10.0. The normalized spacial score (nSPS) is 11.8. The highest BCUT2D eigenvalue weighted by Gasteiger charge is 2.21. The first-order chi connectivity index (χ1) is 28.7. The van der Waals surface area contributed by atoms with Gasteiger partial charge in [-0.15, -0.1) is 0 Å². The van der Waals surface area contributed by atoms with Gasteiger partial charge in [-0.05, 0) is 81.2 Å². The fourth-order valence-electron chi connectivity index (χ4n) is 8.69. The summed E-state index contributed by atoms with van der Waals surface area (Å²) in [6, 6.07) is 68.1. The predicted molar refractivity (Wildman–Crippen MR) is 238 cm³/mol. The van der Waals surface area contributed by atoms with Gasteiger partial charge in [-0.1, -0.05) is 146 Å². The molecule has 0 spiro atoms. The monoisotopic (exact) mass is 740 g/mol. The van der Waals surface area contributed by atoms with Crippen molar-refractivity contribution in [3.63, 3.8) is 0 Å². The van der Waals surface area contributed by atoms with Gasteiger partial charge in [-0.3, -0.25) is 0 Å². The van der Waals surface area contributed by atoms with Crippen molar-refractivity contribution in [2.24, 2.45) is 0 Å². The summed E-state index contributed by atoms with van der Waals surface area (Å²) in [5, 5.41) is 9.16. The van der Waals surface area contributed by atoms with Crippen LogP contribution in [0.1, 0.15) is 0 Å². The SMILES string of the molecule is c1ccc(-c2ccc3c(c2)c2c4ccccc4ccc2n3-c2ccc3oc4cccc(-c5nc(-c6ccccc6)nc(-c6ccc7ccccc7c6)n5)c4c3c2)cc1. The number of benzene rings is 9. The van der Waals surface area contributed by atoms with Crippen LogP contribution in [0.25, 0.3) is 116 Å². The largest absolute Gasteiger partial charge is 0.456 e. The average Bonchev–Trinajstić information content (AvgIpc) is 3.84. The van der Waals surface area contributed by atoms with E-state index in [-0.39, 0.29) is 0 Å². The molecule has 0 aliphatic heterocycles. The second-order valence-electron chi connectivity index (χ2n) is 14.8. The predicted octanol–water partition coefficient (Wildman–Crippen LogP) is 13.8. The smallest absolute Gasteiger partial charge is 0.164 e. The lowest BCUT2D eigenvalue weighted by molar-refractivity contribution is 0.669. The van der Waals surface area contributed by atoms with Crippen molar-refractivity contribution in [2.75, 3.05) is 0 Å². The van der Waals surface area contributed by atoms with Crippen LogP contribution in [-0.4, -0.2) is 19.5 Å². The van der Waals surface area contributed by atoms with Gasteiger partial charge >= 0.3 is 0 Å². The van der Waals surface area contributed by atoms with Crippen LogP contribution in [0.15, 0.2) is 199 Å². The number of nitrogens with zero attached hydrogens (tertiary/aromatic N) is 4. The Hall–Kier alpha value is -7.89. The molecule has 0 saturated heterocycles. The Morgan fingerprint density at radius 2 is 1.02 bits per heavy atom. The van der Waals surface area contributed by atoms with E-state index >= 15 is 0 Å². The summed E-state index contributed by atoms with van der Waals surface area (Å²) in [6.45, 7) is 0. The maximum Gasteiger partial charge on any atom is 0.164 e. The zero-order valence-electron chi connectivity index (χ0n) is 31.2. The Kier molecular flexibility index (Phi) is 7.16. The lowest BCUT2D eigenvalue weighted by Gasteiger charge is -2.11. The van der Waals surface area contributed by atoms with Gasteiger partial charge in [0.25, 0.3) is 0 Å². The molecule has 0 fully saturated rings. The number of furan rings is 1. The molecule has 5 heteroatoms. The van der Waals surface area contributed by atoms with Gasteiger partial charge in [0.05, 0.1) is 11.0 Å². The average molecular weight is 741 g/mol. The summed E-state index contributed by atoms with van der Waals surface area (Å²) >= 11 is 0. The number of rotatable bonds is 5. The van der Waals surface area contributed by atoms with Crippen molar-refractivity contribution in [2.45, 2.75) is 0 Å². The van der Waals surface area contributed by atoms with E-state index in [2.05, 4.69) is 156 Å². The molecule has 9 aromatic carbocycles. The van der Waals surface area contributed by atoms with Crippen LogP contribution in [0.5, 0.6) is 0 Å². The van der Waals surface area contributed by atoms with Crippen LogP contribution in [0.2, 0.25) is 0 Å². The highest BCUT2D eigenvalue weighted by Crippen LogP contribution is 2.42. The van der Waals surface area contributed by atoms with Gasteiger partial charge in [-0.2, -0.15) is 0 Å². The standard InChI is InChI=1S/C53H32N4O/c1-3-12-33(13-4-1)38-25-27-45-43(31-38)49-41-19-10-9-15-35(41)24-28-46(49)57(45)40-26-29-47-44(32-40)50-42(20-11-21-48(50)58-47)53-55-51(36-16-5-2-6-17-36)54-52(56-53)39-23-22-34-14-7-8-18-37(34)30-39/h1-32H. The van der Waals surface area contributed by atoms with Crippen LogP contribution < -0.4 is 0 Å². The van der Waals surface area contributed by atoms with Crippen molar-refractivity contribution in [3.05, 3.63) is 194 Å². The van der Waals surface area contributed by atoms with Crippen molar-refractivity contribution >= 4 is 65.3 Å². The van der Waals surface area contributed by atoms with Gasteiger partial charge in [-0.25, -0.2) is 15.0 Å². The van der Waals surface area contributed by atoms with Crippen LogP contribution >= 0.6 is 0 Å². The number of hydrogen-bond donors (Lipinski definition) is 0. The van der Waals surface area contributed by atoms with E-state index in [1.807, 2.05) is 42.5 Å². The molecule has 12 rings (SSSR count). The summed E-state index contributed by atoms with van der Waals surface area (Å²) in [4.78, 5) is 15.4. The number of fused-ring (bicyclic) bond motifs is 9. The maximum absolute atomic E-state index is 6.58. The molecule has 58 heavy (non-hydrogen) atoms. The van der Waals surface area contributed by atoms with E-state index in [9.17, 15) is 0 Å². The first-order valence-corrected chi connectivity index (χ1v) is 19.5. The fourth-order valence-corrected chi connectivity index (χ4v) is 8.69. The third-order valence-electron chi connectivity index (χ3n) is 11.4. The van der Waals surface area contributed by atoms with Crippen LogP contribution in [0.4, 0.5) is 0 Å². The third-order valence-corrected chi connectivity index (χ3v) is 11.4. The van der Waals surface area contributed by atoms with Gasteiger partial charge in [0.1, 0.15) is 11.2 Å². The molecule has 0 atom stereocenters. The minimum Gasteiger partial charge on any atom is -0.456 e. The zero-order chi connectivity index (χ0) is 38.2. The van der Waals surface area contributed by atoms with Crippen molar-refractivity contribution in [1.82, 2.24) is 19.5 Å². The molecule has 0 unspecified atom stereocenters. The Labute approximate surface area is 333 Å². The van der Waals surface area contributed by atoms with Crippen molar-refractivity contribution in [1.29, 1.82) is 0 Å². The molecule has 5 nitrogen and oxygen atoms in total. The molecule has 0 saturated carbocycles. The van der Waals surface area contributed by atoms with Gasteiger partial charge in [0, 0.05) is 43.9 Å². The van der Waals surface area contributed by atoms with Gasteiger partial charge in [0.2, 0.25) is 0 Å². The molecule has 12 aromatic rings. The molecule has 0 radical (unpaired) electrons. The molecule has 0 amide bonds. The van der Waals surface area contributed by atoms with E-state index in [0.717, 1.165) is 60.7 Å². The first-order valence-electron chi connectivity index (χ1n) is 19.5. The Morgan fingerprint density at radius 3 is 1.86 bits per heavy atom. The highest BCUT2D eigenvalue weighted by atomic mass is 16.3. The maximum atomic E-state index is 6.58. The Morgan fingerprint density at radius 1 is 0.345 bits per heavy atom. The van der Waals surface area contributed by atoms with E-state index in [4.69, 9.17) is 19.4 Å². The summed E-state index contributed by atoms with van der Waals surface area (Å²) in [5.74, 6) is 1.83.